The quantitative estimate of drug-likeness (QED) is 0.650. The molecule has 0 unspecified atom stereocenters. The van der Waals surface area contributed by atoms with Gasteiger partial charge in [0.2, 0.25) is 0 Å². The van der Waals surface area contributed by atoms with Gasteiger partial charge in [0.25, 0.3) is 5.91 Å². The molecular weight excluding hydrogens is 227 g/mol. The highest BCUT2D eigenvalue weighted by atomic mass is 19.1. The Kier molecular flexibility index (Phi) is 1.89. The molecule has 1 aromatic rings. The van der Waals surface area contributed by atoms with E-state index in [1.54, 1.807) is 0 Å². The van der Waals surface area contributed by atoms with Crippen LogP contribution < -0.4 is 15.4 Å². The number of halogens is 1. The van der Waals surface area contributed by atoms with Gasteiger partial charge in [0.15, 0.2) is 5.54 Å². The van der Waals surface area contributed by atoms with E-state index in [1.165, 1.54) is 18.2 Å². The molecule has 0 saturated carbocycles. The molecule has 0 aliphatic carbocycles. The molecule has 88 valence electrons. The number of fused-ring (bicyclic) bond motifs is 2. The Balaban J connectivity index is 2.17. The average Bonchev–Trinajstić information content (AvgIpc) is 2.54. The van der Waals surface area contributed by atoms with Crippen molar-refractivity contribution in [3.8, 4) is 5.75 Å². The van der Waals surface area contributed by atoms with Crippen molar-refractivity contribution >= 4 is 11.9 Å². The smallest absolute Gasteiger partial charge is 0.322 e. The van der Waals surface area contributed by atoms with Gasteiger partial charge in [-0.1, -0.05) is 0 Å². The molecule has 5 nitrogen and oxygen atoms in total. The summed E-state index contributed by atoms with van der Waals surface area (Å²) in [5.41, 5.74) is -0.619. The van der Waals surface area contributed by atoms with Gasteiger partial charge >= 0.3 is 6.03 Å². The SMILES string of the molecule is O=C1NC(=O)[C@@]2(CCOc3cc(F)ccc32)N1. The lowest BCUT2D eigenvalue weighted by atomic mass is 9.84. The highest BCUT2D eigenvalue weighted by Gasteiger charge is 2.50. The maximum absolute atomic E-state index is 13.1. The fraction of sp³-hybridized carbons (Fsp3) is 0.273. The zero-order valence-corrected chi connectivity index (χ0v) is 8.75. The van der Waals surface area contributed by atoms with Crippen LogP contribution in [0.15, 0.2) is 18.2 Å². The lowest BCUT2D eigenvalue weighted by molar-refractivity contribution is -0.125. The van der Waals surface area contributed by atoms with Crippen LogP contribution in [0.1, 0.15) is 12.0 Å². The molecule has 0 bridgehead atoms. The standard InChI is InChI=1S/C11H9FN2O3/c12-6-1-2-7-8(5-6)17-4-3-11(7)9(15)13-10(16)14-11/h1-2,5H,3-4H2,(H2,13,14,15,16)/t11-/m0/s1. The Labute approximate surface area is 95.9 Å². The van der Waals surface area contributed by atoms with Crippen molar-refractivity contribution < 1.29 is 18.7 Å². The molecule has 1 aromatic carbocycles. The number of urea groups is 1. The molecule has 0 aromatic heterocycles. The monoisotopic (exact) mass is 236 g/mol. The number of nitrogens with one attached hydrogen (secondary N) is 2. The molecule has 2 heterocycles. The van der Waals surface area contributed by atoms with Crippen LogP contribution in [0.5, 0.6) is 5.75 Å². The molecule has 2 aliphatic rings. The number of hydrogen-bond acceptors (Lipinski definition) is 3. The molecule has 1 fully saturated rings. The summed E-state index contributed by atoms with van der Waals surface area (Å²) in [4.78, 5) is 23.1. The van der Waals surface area contributed by atoms with Gasteiger partial charge in [-0.3, -0.25) is 10.1 Å². The zero-order valence-electron chi connectivity index (χ0n) is 8.75. The van der Waals surface area contributed by atoms with Crippen molar-refractivity contribution in [2.75, 3.05) is 6.61 Å². The zero-order chi connectivity index (χ0) is 12.0. The van der Waals surface area contributed by atoms with Crippen LogP contribution >= 0.6 is 0 Å². The second-order valence-corrected chi connectivity index (χ2v) is 4.05. The largest absolute Gasteiger partial charge is 0.493 e. The fourth-order valence-electron chi connectivity index (χ4n) is 2.27. The van der Waals surface area contributed by atoms with E-state index < -0.39 is 23.3 Å². The number of ether oxygens (including phenoxy) is 1. The van der Waals surface area contributed by atoms with Gasteiger partial charge in [-0.25, -0.2) is 9.18 Å². The molecule has 0 radical (unpaired) electrons. The minimum absolute atomic E-state index is 0.254. The van der Waals surface area contributed by atoms with E-state index in [2.05, 4.69) is 10.6 Å². The summed E-state index contributed by atoms with van der Waals surface area (Å²) in [6, 6.07) is 3.39. The molecule has 17 heavy (non-hydrogen) atoms. The molecule has 6 heteroatoms. The van der Waals surface area contributed by atoms with Crippen molar-refractivity contribution in [1.82, 2.24) is 10.6 Å². The molecule has 3 amide bonds. The van der Waals surface area contributed by atoms with E-state index in [9.17, 15) is 14.0 Å². The van der Waals surface area contributed by atoms with Crippen LogP contribution in [0.3, 0.4) is 0 Å². The molecule has 1 atom stereocenters. The Bertz CT molecular complexity index is 531. The number of benzene rings is 1. The van der Waals surface area contributed by atoms with Crippen LogP contribution in [0, 0.1) is 5.82 Å². The Hall–Kier alpha value is -2.11. The van der Waals surface area contributed by atoms with E-state index in [0.29, 0.717) is 17.7 Å². The summed E-state index contributed by atoms with van der Waals surface area (Å²) >= 11 is 0. The van der Waals surface area contributed by atoms with Gasteiger partial charge in [-0.15, -0.1) is 0 Å². The van der Waals surface area contributed by atoms with Crippen molar-refractivity contribution in [2.45, 2.75) is 12.0 Å². The highest BCUT2D eigenvalue weighted by molar-refractivity contribution is 6.07. The number of amides is 3. The topological polar surface area (TPSA) is 67.4 Å². The lowest BCUT2D eigenvalue weighted by Crippen LogP contribution is -2.47. The Morgan fingerprint density at radius 2 is 2.18 bits per heavy atom. The van der Waals surface area contributed by atoms with Gasteiger partial charge in [-0.05, 0) is 12.1 Å². The van der Waals surface area contributed by atoms with Crippen molar-refractivity contribution in [3.63, 3.8) is 0 Å². The Morgan fingerprint density at radius 1 is 1.35 bits per heavy atom. The number of rotatable bonds is 0. The predicted octanol–water partition coefficient (Wildman–Crippen LogP) is 0.643. The minimum atomic E-state index is -1.11. The maximum atomic E-state index is 13.1. The van der Waals surface area contributed by atoms with Crippen LogP contribution in [-0.2, 0) is 10.3 Å². The summed E-state index contributed by atoms with van der Waals surface area (Å²) in [6.07, 6.45) is 0.337. The normalized spacial score (nSPS) is 26.2. The molecular formula is C11H9FN2O3. The second kappa shape index (κ2) is 3.19. The van der Waals surface area contributed by atoms with Gasteiger partial charge in [0.1, 0.15) is 11.6 Å². The molecule has 2 N–H and O–H groups in total. The van der Waals surface area contributed by atoms with Crippen LogP contribution in [0.2, 0.25) is 0 Å². The first kappa shape index (κ1) is 10.1. The van der Waals surface area contributed by atoms with Crippen LogP contribution in [0.25, 0.3) is 0 Å². The molecule has 1 saturated heterocycles. The fourth-order valence-corrected chi connectivity index (χ4v) is 2.27. The van der Waals surface area contributed by atoms with Crippen LogP contribution in [0.4, 0.5) is 9.18 Å². The number of hydrogen-bond donors (Lipinski definition) is 2. The van der Waals surface area contributed by atoms with Gasteiger partial charge in [0, 0.05) is 18.1 Å². The summed E-state index contributed by atoms with van der Waals surface area (Å²) in [5.74, 6) is -0.558. The van der Waals surface area contributed by atoms with E-state index in [4.69, 9.17) is 4.74 Å². The summed E-state index contributed by atoms with van der Waals surface area (Å²) in [5, 5.41) is 4.79. The van der Waals surface area contributed by atoms with Crippen molar-refractivity contribution in [2.24, 2.45) is 0 Å². The van der Waals surface area contributed by atoms with Crippen molar-refractivity contribution in [3.05, 3.63) is 29.6 Å². The van der Waals surface area contributed by atoms with E-state index in [0.717, 1.165) is 0 Å². The van der Waals surface area contributed by atoms with Crippen LogP contribution in [-0.4, -0.2) is 18.5 Å². The highest BCUT2D eigenvalue weighted by Crippen LogP contribution is 2.39. The third-order valence-corrected chi connectivity index (χ3v) is 3.08. The third-order valence-electron chi connectivity index (χ3n) is 3.08. The van der Waals surface area contributed by atoms with E-state index in [-0.39, 0.29) is 6.61 Å². The molecule has 1 spiro atoms. The van der Waals surface area contributed by atoms with Gasteiger partial charge in [-0.2, -0.15) is 0 Å². The predicted molar refractivity (Wildman–Crippen MR) is 54.9 cm³/mol. The maximum Gasteiger partial charge on any atom is 0.322 e. The van der Waals surface area contributed by atoms with Crippen molar-refractivity contribution in [1.29, 1.82) is 0 Å². The lowest BCUT2D eigenvalue weighted by Gasteiger charge is -2.32. The molecule has 2 aliphatic heterocycles. The summed E-state index contributed by atoms with van der Waals surface area (Å²) in [6.45, 7) is 0.254. The van der Waals surface area contributed by atoms with Gasteiger partial charge < -0.3 is 10.1 Å². The first-order valence-electron chi connectivity index (χ1n) is 5.18. The molecule has 3 rings (SSSR count). The first-order valence-corrected chi connectivity index (χ1v) is 5.18. The first-order chi connectivity index (χ1) is 8.12. The van der Waals surface area contributed by atoms with E-state index >= 15 is 0 Å². The summed E-state index contributed by atoms with van der Waals surface area (Å²) < 4.78 is 18.4. The number of carbonyl (C=O) groups excluding carboxylic acids is 2. The van der Waals surface area contributed by atoms with Gasteiger partial charge in [0.05, 0.1) is 6.61 Å². The average molecular weight is 236 g/mol. The third kappa shape index (κ3) is 1.30. The Morgan fingerprint density at radius 3 is 2.88 bits per heavy atom. The minimum Gasteiger partial charge on any atom is -0.493 e. The number of carbonyl (C=O) groups is 2. The second-order valence-electron chi connectivity index (χ2n) is 4.05. The van der Waals surface area contributed by atoms with E-state index in [1.807, 2.05) is 0 Å². The number of imide groups is 1. The summed E-state index contributed by atoms with van der Waals surface area (Å²) in [7, 11) is 0.